The Bertz CT molecular complexity index is 1390. The van der Waals surface area contributed by atoms with Crippen molar-refractivity contribution in [2.45, 2.75) is 18.2 Å². The maximum absolute atomic E-state index is 12.7. The highest BCUT2D eigenvalue weighted by Gasteiger charge is 2.15. The number of esters is 3. The summed E-state index contributed by atoms with van der Waals surface area (Å²) in [5, 5.41) is -0.116. The van der Waals surface area contributed by atoms with Gasteiger partial charge in [0.05, 0.1) is 13.5 Å². The van der Waals surface area contributed by atoms with E-state index in [0.717, 1.165) is 27.8 Å². The maximum Gasteiger partial charge on any atom is 0.339 e. The number of hydrogen-bond acceptors (Lipinski definition) is 9. The van der Waals surface area contributed by atoms with Crippen LogP contribution >= 0.6 is 11.8 Å². The molecule has 0 fully saturated rings. The van der Waals surface area contributed by atoms with Crippen LogP contribution in [0.4, 0.5) is 0 Å². The molecule has 0 aliphatic carbocycles. The van der Waals surface area contributed by atoms with E-state index in [1.807, 2.05) is 24.3 Å². The van der Waals surface area contributed by atoms with E-state index in [1.165, 1.54) is 7.11 Å². The minimum absolute atomic E-state index is 0.00152. The lowest BCUT2D eigenvalue weighted by Gasteiger charge is -2.08. The molecule has 8 nitrogen and oxygen atoms in total. The molecule has 9 heteroatoms. The first-order valence-corrected chi connectivity index (χ1v) is 12.9. The van der Waals surface area contributed by atoms with E-state index < -0.39 is 17.9 Å². The molecule has 0 amide bonds. The van der Waals surface area contributed by atoms with Crippen molar-refractivity contribution in [3.05, 3.63) is 103 Å². The Kier molecular flexibility index (Phi) is 10.8. The van der Waals surface area contributed by atoms with Gasteiger partial charge in [0.1, 0.15) is 24.7 Å². The highest BCUT2D eigenvalue weighted by atomic mass is 32.2. The largest absolute Gasteiger partial charge is 0.490 e. The van der Waals surface area contributed by atoms with Crippen molar-refractivity contribution in [3.8, 4) is 22.6 Å². The van der Waals surface area contributed by atoms with Crippen molar-refractivity contribution in [1.82, 2.24) is 0 Å². The molecule has 0 radical (unpaired) electrons. The average molecular weight is 561 g/mol. The molecule has 0 bridgehead atoms. The number of methoxy groups -OCH3 is 1. The Morgan fingerprint density at radius 2 is 1.32 bits per heavy atom. The molecule has 206 valence electrons. The highest BCUT2D eigenvalue weighted by molar-refractivity contribution is 8.14. The van der Waals surface area contributed by atoms with Gasteiger partial charge in [0.2, 0.25) is 5.12 Å². The molecule has 40 heavy (non-hydrogen) atoms. The quantitative estimate of drug-likeness (QED) is 0.0892. The van der Waals surface area contributed by atoms with Gasteiger partial charge in [0.25, 0.3) is 0 Å². The van der Waals surface area contributed by atoms with E-state index in [1.54, 1.807) is 55.5 Å². The average Bonchev–Trinajstić information content (AvgIpc) is 2.96. The van der Waals surface area contributed by atoms with Gasteiger partial charge in [-0.25, -0.2) is 9.59 Å². The van der Waals surface area contributed by atoms with Gasteiger partial charge in [-0.2, -0.15) is 0 Å². The minimum atomic E-state index is -0.701. The summed E-state index contributed by atoms with van der Waals surface area (Å²) in [6.07, 6.45) is -0.240. The van der Waals surface area contributed by atoms with Crippen molar-refractivity contribution in [2.75, 3.05) is 20.3 Å². The molecule has 0 aromatic heterocycles. The fraction of sp³-hybridized carbons (Fsp3) is 0.161. The molecule has 0 unspecified atom stereocenters. The summed E-state index contributed by atoms with van der Waals surface area (Å²) in [6, 6.07) is 21.1. The predicted octanol–water partition coefficient (Wildman–Crippen LogP) is 5.81. The van der Waals surface area contributed by atoms with Crippen LogP contribution in [0.2, 0.25) is 0 Å². The number of hydrogen-bond donors (Lipinski definition) is 0. The second-order valence-corrected chi connectivity index (χ2v) is 9.52. The fourth-order valence-electron chi connectivity index (χ4n) is 3.20. The second-order valence-electron chi connectivity index (χ2n) is 8.47. The van der Waals surface area contributed by atoms with E-state index in [0.29, 0.717) is 22.6 Å². The number of thioether (sulfide) groups is 1. The monoisotopic (exact) mass is 560 g/mol. The number of benzene rings is 3. The third-order valence-corrected chi connectivity index (χ3v) is 6.29. The summed E-state index contributed by atoms with van der Waals surface area (Å²) in [5.41, 5.74) is 2.66. The first-order chi connectivity index (χ1) is 19.2. The molecule has 0 atom stereocenters. The van der Waals surface area contributed by atoms with Crippen LogP contribution < -0.4 is 9.47 Å². The Balaban J connectivity index is 1.50. The van der Waals surface area contributed by atoms with Crippen LogP contribution in [0.3, 0.4) is 0 Å². The van der Waals surface area contributed by atoms with Gasteiger partial charge in [-0.1, -0.05) is 37.4 Å². The lowest BCUT2D eigenvalue weighted by Crippen LogP contribution is -2.14. The van der Waals surface area contributed by atoms with Gasteiger partial charge in [-0.15, -0.1) is 0 Å². The maximum atomic E-state index is 12.7. The van der Waals surface area contributed by atoms with E-state index in [9.17, 15) is 19.2 Å². The van der Waals surface area contributed by atoms with Crippen molar-refractivity contribution >= 4 is 34.8 Å². The number of rotatable bonds is 12. The second kappa shape index (κ2) is 14.5. The zero-order chi connectivity index (χ0) is 29.1. The fourth-order valence-corrected chi connectivity index (χ4v) is 3.94. The Morgan fingerprint density at radius 3 is 1.90 bits per heavy atom. The van der Waals surface area contributed by atoms with Crippen LogP contribution in [0.25, 0.3) is 11.1 Å². The van der Waals surface area contributed by atoms with Gasteiger partial charge in [0.15, 0.2) is 0 Å². The van der Waals surface area contributed by atoms with E-state index in [2.05, 4.69) is 17.9 Å². The molecular weight excluding hydrogens is 532 g/mol. The van der Waals surface area contributed by atoms with Crippen LogP contribution in [-0.2, 0) is 23.9 Å². The number of carbonyl (C=O) groups excluding carboxylic acids is 4. The zero-order valence-corrected chi connectivity index (χ0v) is 23.0. The number of carbonyl (C=O) groups is 4. The summed E-state index contributed by atoms with van der Waals surface area (Å²) in [4.78, 5) is 48.2. The molecule has 0 aliphatic heterocycles. The Hall–Kier alpha value is -4.63. The molecule has 0 saturated carbocycles. The van der Waals surface area contributed by atoms with Crippen molar-refractivity contribution < 1.29 is 38.1 Å². The third-order valence-electron chi connectivity index (χ3n) is 5.36. The topological polar surface area (TPSA) is 105 Å². The summed E-state index contributed by atoms with van der Waals surface area (Å²) < 4.78 is 20.3. The van der Waals surface area contributed by atoms with Crippen molar-refractivity contribution in [3.63, 3.8) is 0 Å². The molecule has 0 aliphatic rings. The molecule has 0 N–H and O–H groups in total. The lowest BCUT2D eigenvalue weighted by atomic mass is 10.1. The number of ether oxygens (including phenoxy) is 4. The smallest absolute Gasteiger partial charge is 0.339 e. The first-order valence-electron chi connectivity index (χ1n) is 12.1. The van der Waals surface area contributed by atoms with E-state index in [4.69, 9.17) is 14.2 Å². The summed E-state index contributed by atoms with van der Waals surface area (Å²) in [5.74, 6) is -0.856. The van der Waals surface area contributed by atoms with Gasteiger partial charge < -0.3 is 18.9 Å². The Morgan fingerprint density at radius 1 is 0.750 bits per heavy atom. The van der Waals surface area contributed by atoms with E-state index >= 15 is 0 Å². The molecule has 3 aromatic rings. The zero-order valence-electron chi connectivity index (χ0n) is 22.1. The van der Waals surface area contributed by atoms with Gasteiger partial charge in [0, 0.05) is 21.6 Å². The van der Waals surface area contributed by atoms with E-state index in [-0.39, 0.29) is 30.3 Å². The van der Waals surface area contributed by atoms with Crippen LogP contribution in [0, 0.1) is 0 Å². The molecule has 0 saturated heterocycles. The van der Waals surface area contributed by atoms with Crippen molar-refractivity contribution in [1.29, 1.82) is 0 Å². The molecular formula is C31H28O8S. The summed E-state index contributed by atoms with van der Waals surface area (Å²) in [6.45, 7) is 8.93. The molecule has 3 rings (SSSR count). The normalized spacial score (nSPS) is 10.2. The van der Waals surface area contributed by atoms with Crippen LogP contribution in [0.15, 0.2) is 102 Å². The van der Waals surface area contributed by atoms with Crippen molar-refractivity contribution in [2.24, 2.45) is 0 Å². The first kappa shape index (κ1) is 29.9. The van der Waals surface area contributed by atoms with Crippen LogP contribution in [-0.4, -0.2) is 43.3 Å². The highest BCUT2D eigenvalue weighted by Crippen LogP contribution is 2.28. The SMILES string of the molecule is C=C(C)C(=O)OCCOc1ccc(C(=O)Sc2ccc(-c3ccc(OC(=O)C(=C)CC(=O)OC)cc3)cc2)cc1. The lowest BCUT2D eigenvalue weighted by molar-refractivity contribution is -0.141. The molecule has 3 aromatic carbocycles. The van der Waals surface area contributed by atoms with Gasteiger partial charge >= 0.3 is 17.9 Å². The van der Waals surface area contributed by atoms with Gasteiger partial charge in [-0.05, 0) is 78.3 Å². The van der Waals surface area contributed by atoms with Crippen LogP contribution in [0.1, 0.15) is 23.7 Å². The standard InChI is InChI=1S/C31H28O8S/c1-20(2)29(33)38-18-17-37-25-11-7-24(8-12-25)31(35)40-27-15-9-23(10-16-27)22-5-13-26(14-6-22)39-30(34)21(3)19-28(32)36-4/h5-16H,1,3,17-19H2,2,4H3. The minimum Gasteiger partial charge on any atom is -0.490 e. The third kappa shape index (κ3) is 8.99. The van der Waals surface area contributed by atoms with Gasteiger partial charge in [-0.3, -0.25) is 9.59 Å². The Labute approximate surface area is 236 Å². The summed E-state index contributed by atoms with van der Waals surface area (Å²) in [7, 11) is 1.23. The molecule has 0 heterocycles. The van der Waals surface area contributed by atoms with Crippen LogP contribution in [0.5, 0.6) is 11.5 Å². The predicted molar refractivity (Wildman–Crippen MR) is 151 cm³/mol. The summed E-state index contributed by atoms with van der Waals surface area (Å²) >= 11 is 1.11. The molecule has 0 spiro atoms.